The summed E-state index contributed by atoms with van der Waals surface area (Å²) < 4.78 is 11.7. The molecule has 190 valence electrons. The summed E-state index contributed by atoms with van der Waals surface area (Å²) in [6.45, 7) is 4.78. The molecule has 7 heteroatoms. The van der Waals surface area contributed by atoms with Gasteiger partial charge in [0.15, 0.2) is 10.7 Å². The molecule has 0 spiro atoms. The number of fused-ring (bicyclic) bond motifs is 1. The van der Waals surface area contributed by atoms with E-state index in [1.165, 1.54) is 11.6 Å². The van der Waals surface area contributed by atoms with Gasteiger partial charge in [-0.25, -0.2) is 4.98 Å². The van der Waals surface area contributed by atoms with Crippen LogP contribution in [0.15, 0.2) is 99.8 Å². The fraction of sp³-hybridized carbons (Fsp3) is 0.129. The highest BCUT2D eigenvalue weighted by Gasteiger charge is 2.10. The second kappa shape index (κ2) is 11.3. The average Bonchev–Trinajstić information content (AvgIpc) is 3.58. The summed E-state index contributed by atoms with van der Waals surface area (Å²) in [7, 11) is 0. The van der Waals surface area contributed by atoms with Crippen LogP contribution in [0.2, 0.25) is 0 Å². The summed E-state index contributed by atoms with van der Waals surface area (Å²) in [4.78, 5) is 16.9. The third-order valence-corrected chi connectivity index (χ3v) is 6.30. The Hall–Kier alpha value is -4.49. The van der Waals surface area contributed by atoms with Crippen LogP contribution in [0.1, 0.15) is 36.7 Å². The highest BCUT2D eigenvalue weighted by molar-refractivity contribution is 7.80. The Morgan fingerprint density at radius 2 is 1.74 bits per heavy atom. The number of aromatic nitrogens is 1. The van der Waals surface area contributed by atoms with Crippen molar-refractivity contribution in [3.8, 4) is 22.8 Å². The van der Waals surface area contributed by atoms with Crippen LogP contribution in [0.4, 0.5) is 0 Å². The van der Waals surface area contributed by atoms with E-state index in [9.17, 15) is 4.79 Å². The second-order valence-corrected chi connectivity index (χ2v) is 9.58. The molecule has 2 heterocycles. The number of hydrogen-bond donors (Lipinski definition) is 2. The largest absolute Gasteiger partial charge is 0.457 e. The zero-order valence-electron chi connectivity index (χ0n) is 21.1. The van der Waals surface area contributed by atoms with Gasteiger partial charge < -0.3 is 14.2 Å². The van der Waals surface area contributed by atoms with Crippen molar-refractivity contribution in [3.63, 3.8) is 0 Å². The molecule has 38 heavy (non-hydrogen) atoms. The van der Waals surface area contributed by atoms with E-state index >= 15 is 0 Å². The molecule has 5 rings (SSSR count). The minimum Gasteiger partial charge on any atom is -0.457 e. The average molecular weight is 522 g/mol. The van der Waals surface area contributed by atoms with E-state index in [2.05, 4.69) is 41.6 Å². The number of carbonyl (C=O) groups is 1. The molecule has 0 bridgehead atoms. The zero-order valence-corrected chi connectivity index (χ0v) is 21.9. The number of oxazole rings is 1. The lowest BCUT2D eigenvalue weighted by Gasteiger charge is -2.08. The number of furan rings is 1. The third-order valence-electron chi connectivity index (χ3n) is 6.05. The van der Waals surface area contributed by atoms with Gasteiger partial charge >= 0.3 is 0 Å². The first-order valence-corrected chi connectivity index (χ1v) is 12.8. The van der Waals surface area contributed by atoms with Crippen LogP contribution in [-0.2, 0) is 11.3 Å². The number of thiocarbonyl (C=S) groups is 1. The molecule has 0 aliphatic carbocycles. The molecule has 2 N–H and O–H groups in total. The predicted octanol–water partition coefficient (Wildman–Crippen LogP) is 7.08. The summed E-state index contributed by atoms with van der Waals surface area (Å²) in [6.07, 6.45) is 3.00. The van der Waals surface area contributed by atoms with Crippen molar-refractivity contribution in [1.82, 2.24) is 15.6 Å². The van der Waals surface area contributed by atoms with Crippen LogP contribution < -0.4 is 10.6 Å². The summed E-state index contributed by atoms with van der Waals surface area (Å²) >= 11 is 5.27. The van der Waals surface area contributed by atoms with Crippen LogP contribution in [-0.4, -0.2) is 16.0 Å². The van der Waals surface area contributed by atoms with Crippen LogP contribution in [0, 0.1) is 0 Å². The minimum atomic E-state index is -0.341. The molecule has 0 saturated carbocycles. The second-order valence-electron chi connectivity index (χ2n) is 9.17. The topological polar surface area (TPSA) is 80.3 Å². The molecular weight excluding hydrogens is 494 g/mol. The number of amides is 1. The maximum absolute atomic E-state index is 12.3. The zero-order chi connectivity index (χ0) is 26.5. The Balaban J connectivity index is 1.12. The number of rotatable bonds is 7. The molecule has 5 aromatic rings. The summed E-state index contributed by atoms with van der Waals surface area (Å²) in [5, 5.41) is 5.95. The fourth-order valence-corrected chi connectivity index (χ4v) is 4.10. The molecule has 6 nitrogen and oxygen atoms in total. The van der Waals surface area contributed by atoms with Crippen molar-refractivity contribution in [2.45, 2.75) is 26.3 Å². The molecule has 1 amide bonds. The predicted molar refractivity (Wildman–Crippen MR) is 154 cm³/mol. The van der Waals surface area contributed by atoms with Crippen LogP contribution in [0.25, 0.3) is 40.0 Å². The van der Waals surface area contributed by atoms with Crippen molar-refractivity contribution >= 4 is 40.4 Å². The van der Waals surface area contributed by atoms with Gasteiger partial charge in [0.1, 0.15) is 17.0 Å². The van der Waals surface area contributed by atoms with Crippen LogP contribution in [0.5, 0.6) is 0 Å². The standard InChI is InChI=1S/C31H27N3O3S/c1-20(2)24-12-15-28-26(18-24)33-30(37-28)23-10-8-21(9-11-23)19-32-31(38)34-29(35)17-14-25-13-16-27(36-25)22-6-4-3-5-7-22/h3-18,20H,19H2,1-2H3,(H2,32,34,35,38)/b17-14+. The number of hydrogen-bond acceptors (Lipinski definition) is 5. The maximum atomic E-state index is 12.3. The lowest BCUT2D eigenvalue weighted by Crippen LogP contribution is -2.37. The molecule has 2 aromatic heterocycles. The van der Waals surface area contributed by atoms with Crippen molar-refractivity contribution in [2.24, 2.45) is 0 Å². The quantitative estimate of drug-likeness (QED) is 0.176. The number of benzene rings is 3. The van der Waals surface area contributed by atoms with E-state index in [0.717, 1.165) is 33.6 Å². The van der Waals surface area contributed by atoms with Crippen molar-refractivity contribution in [1.29, 1.82) is 0 Å². The highest BCUT2D eigenvalue weighted by atomic mass is 32.1. The molecule has 0 unspecified atom stereocenters. The summed E-state index contributed by atoms with van der Waals surface area (Å²) in [5.74, 6) is 2.00. The molecule has 3 aromatic carbocycles. The lowest BCUT2D eigenvalue weighted by atomic mass is 10.0. The van der Waals surface area contributed by atoms with Gasteiger partial charge in [0, 0.05) is 23.7 Å². The first-order chi connectivity index (χ1) is 18.4. The number of nitrogens with one attached hydrogen (secondary N) is 2. The smallest absolute Gasteiger partial charge is 0.250 e. The fourth-order valence-electron chi connectivity index (χ4n) is 3.93. The van der Waals surface area contributed by atoms with E-state index in [0.29, 0.717) is 24.1 Å². The molecule has 0 fully saturated rings. The molecule has 0 radical (unpaired) electrons. The Kier molecular flexibility index (Phi) is 7.47. The van der Waals surface area contributed by atoms with Gasteiger partial charge in [0.2, 0.25) is 11.8 Å². The van der Waals surface area contributed by atoms with Gasteiger partial charge in [-0.3, -0.25) is 10.1 Å². The van der Waals surface area contributed by atoms with Gasteiger partial charge in [0.05, 0.1) is 0 Å². The summed E-state index contributed by atoms with van der Waals surface area (Å²) in [6, 6.07) is 27.5. The Bertz CT molecular complexity index is 1600. The van der Waals surface area contributed by atoms with Crippen molar-refractivity contribution in [3.05, 3.63) is 108 Å². The molecule has 0 aliphatic rings. The SMILES string of the molecule is CC(C)c1ccc2oc(-c3ccc(CNC(=S)NC(=O)/C=C/c4ccc(-c5ccccc5)o4)cc3)nc2c1. The number of carbonyl (C=O) groups excluding carboxylic acids is 1. The maximum Gasteiger partial charge on any atom is 0.250 e. The third kappa shape index (κ3) is 6.07. The minimum absolute atomic E-state index is 0.244. The molecular formula is C31H27N3O3S. The van der Waals surface area contributed by atoms with Crippen molar-refractivity contribution in [2.75, 3.05) is 0 Å². The lowest BCUT2D eigenvalue weighted by molar-refractivity contribution is -0.115. The first-order valence-electron chi connectivity index (χ1n) is 12.4. The van der Waals surface area contributed by atoms with Gasteiger partial charge in [-0.1, -0.05) is 62.4 Å². The van der Waals surface area contributed by atoms with E-state index in [4.69, 9.17) is 21.1 Å². The van der Waals surface area contributed by atoms with E-state index in [1.54, 1.807) is 6.08 Å². The first kappa shape index (κ1) is 25.2. The Labute approximate surface area is 226 Å². The monoisotopic (exact) mass is 521 g/mol. The van der Waals surface area contributed by atoms with Crippen LogP contribution >= 0.6 is 12.2 Å². The van der Waals surface area contributed by atoms with Crippen LogP contribution in [0.3, 0.4) is 0 Å². The van der Waals surface area contributed by atoms with Gasteiger partial charge in [0.25, 0.3) is 0 Å². The van der Waals surface area contributed by atoms with E-state index in [1.807, 2.05) is 72.8 Å². The Morgan fingerprint density at radius 3 is 2.50 bits per heavy atom. The van der Waals surface area contributed by atoms with E-state index in [-0.39, 0.29) is 11.0 Å². The van der Waals surface area contributed by atoms with Gasteiger partial charge in [-0.15, -0.1) is 0 Å². The molecule has 0 atom stereocenters. The van der Waals surface area contributed by atoms with Crippen molar-refractivity contribution < 1.29 is 13.6 Å². The van der Waals surface area contributed by atoms with E-state index < -0.39 is 0 Å². The molecule has 0 aliphatic heterocycles. The van der Waals surface area contributed by atoms with Gasteiger partial charge in [-0.05, 0) is 71.7 Å². The van der Waals surface area contributed by atoms with Gasteiger partial charge in [-0.2, -0.15) is 0 Å². The highest BCUT2D eigenvalue weighted by Crippen LogP contribution is 2.27. The normalized spacial score (nSPS) is 11.3. The number of nitrogens with zero attached hydrogens (tertiary/aromatic N) is 1. The summed E-state index contributed by atoms with van der Waals surface area (Å²) in [5.41, 5.74) is 5.73. The Morgan fingerprint density at radius 1 is 0.947 bits per heavy atom. The molecule has 0 saturated heterocycles.